The number of unbranched alkanes of at least 4 members (excludes halogenated alkanes) is 5. The van der Waals surface area contributed by atoms with E-state index in [0.717, 1.165) is 67.6 Å². The molecule has 3 saturated carbocycles. The summed E-state index contributed by atoms with van der Waals surface area (Å²) >= 11 is 0. The van der Waals surface area contributed by atoms with E-state index in [0.29, 0.717) is 12.0 Å². The normalized spacial score (nSPS) is 32.7. The third kappa shape index (κ3) is 7.72. The summed E-state index contributed by atoms with van der Waals surface area (Å²) in [5.41, 5.74) is 2.51. The van der Waals surface area contributed by atoms with E-state index >= 15 is 0 Å². The molecule has 0 spiro atoms. The Morgan fingerprint density at radius 2 is 1.72 bits per heavy atom. The van der Waals surface area contributed by atoms with Crippen molar-refractivity contribution in [2.75, 3.05) is 6.61 Å². The Bertz CT molecular complexity index is 1190. The van der Waals surface area contributed by atoms with Gasteiger partial charge in [-0.3, -0.25) is 0 Å². The summed E-state index contributed by atoms with van der Waals surface area (Å²) < 4.78 is 26.5. The zero-order valence-electron chi connectivity index (χ0n) is 30.2. The minimum Gasteiger partial charge on any atom is -0.491 e. The second-order valence-electron chi connectivity index (χ2n) is 16.8. The SMILES string of the molecule is CCCCCCCCOc1ccc(C(=O)OC2CC[C@@]3(C)C(=CC[C@H]4[C@@H]5CC[C@H]([C@H](C)CCCC(C)C)[C@@]5(C)CC[C@@H]43)C2)cc1F. The number of allylic oxidation sites excluding steroid dienone is 1. The zero-order chi connectivity index (χ0) is 32.9. The average molecular weight is 637 g/mol. The average Bonchev–Trinajstić information content (AvgIpc) is 3.38. The molecule has 1 aromatic carbocycles. The molecular formula is C42H65FO3. The van der Waals surface area contributed by atoms with E-state index in [4.69, 9.17) is 9.47 Å². The van der Waals surface area contributed by atoms with Crippen molar-refractivity contribution >= 4 is 5.97 Å². The lowest BCUT2D eigenvalue weighted by Crippen LogP contribution is -2.51. The van der Waals surface area contributed by atoms with Gasteiger partial charge in [0.2, 0.25) is 0 Å². The highest BCUT2D eigenvalue weighted by molar-refractivity contribution is 5.89. The van der Waals surface area contributed by atoms with Gasteiger partial charge < -0.3 is 9.47 Å². The third-order valence-electron chi connectivity index (χ3n) is 13.5. The van der Waals surface area contributed by atoms with Crippen molar-refractivity contribution in [3.05, 3.63) is 41.2 Å². The molecule has 258 valence electrons. The monoisotopic (exact) mass is 636 g/mol. The summed E-state index contributed by atoms with van der Waals surface area (Å²) in [7, 11) is 0. The Kier molecular flexibility index (Phi) is 12.0. The number of hydrogen-bond acceptors (Lipinski definition) is 3. The number of ether oxygens (including phenoxy) is 2. The van der Waals surface area contributed by atoms with E-state index in [1.165, 1.54) is 88.7 Å². The van der Waals surface area contributed by atoms with Crippen molar-refractivity contribution in [1.82, 2.24) is 0 Å². The molecule has 0 saturated heterocycles. The fourth-order valence-corrected chi connectivity index (χ4v) is 10.8. The predicted molar refractivity (Wildman–Crippen MR) is 188 cm³/mol. The zero-order valence-corrected chi connectivity index (χ0v) is 30.2. The Labute approximate surface area is 280 Å². The van der Waals surface area contributed by atoms with Crippen LogP contribution in [0.25, 0.3) is 0 Å². The molecule has 0 aromatic heterocycles. The van der Waals surface area contributed by atoms with E-state index in [2.05, 4.69) is 47.6 Å². The molecule has 1 aromatic rings. The fraction of sp³-hybridized carbons (Fsp3) is 0.786. The van der Waals surface area contributed by atoms with Crippen molar-refractivity contribution < 1.29 is 18.7 Å². The van der Waals surface area contributed by atoms with Crippen molar-refractivity contribution in [3.63, 3.8) is 0 Å². The number of carbonyl (C=O) groups is 1. The summed E-state index contributed by atoms with van der Waals surface area (Å²) in [4.78, 5) is 13.1. The molecule has 0 amide bonds. The second-order valence-corrected chi connectivity index (χ2v) is 16.8. The van der Waals surface area contributed by atoms with Gasteiger partial charge in [0.25, 0.3) is 0 Å². The minimum absolute atomic E-state index is 0.133. The first-order chi connectivity index (χ1) is 22.1. The van der Waals surface area contributed by atoms with Crippen molar-refractivity contribution in [2.24, 2.45) is 46.3 Å². The maximum Gasteiger partial charge on any atom is 0.338 e. The van der Waals surface area contributed by atoms with Gasteiger partial charge >= 0.3 is 5.97 Å². The second kappa shape index (κ2) is 15.6. The van der Waals surface area contributed by atoms with Crippen LogP contribution in [-0.2, 0) is 4.74 Å². The molecule has 4 aliphatic rings. The Morgan fingerprint density at radius 1 is 0.935 bits per heavy atom. The summed E-state index contributed by atoms with van der Waals surface area (Å²) in [6, 6.07) is 4.52. The van der Waals surface area contributed by atoms with Gasteiger partial charge in [-0.25, -0.2) is 9.18 Å². The molecule has 5 rings (SSSR count). The van der Waals surface area contributed by atoms with Gasteiger partial charge in [0.15, 0.2) is 11.6 Å². The van der Waals surface area contributed by atoms with Gasteiger partial charge in [-0.2, -0.15) is 0 Å². The van der Waals surface area contributed by atoms with Crippen LogP contribution in [0.3, 0.4) is 0 Å². The largest absolute Gasteiger partial charge is 0.491 e. The highest BCUT2D eigenvalue weighted by Crippen LogP contribution is 2.67. The number of hydrogen-bond donors (Lipinski definition) is 0. The molecule has 3 fully saturated rings. The van der Waals surface area contributed by atoms with E-state index in [9.17, 15) is 9.18 Å². The number of esters is 1. The Balaban J connectivity index is 1.14. The quantitative estimate of drug-likeness (QED) is 0.109. The van der Waals surface area contributed by atoms with Gasteiger partial charge in [0.05, 0.1) is 12.2 Å². The molecular weight excluding hydrogens is 571 g/mol. The highest BCUT2D eigenvalue weighted by Gasteiger charge is 2.59. The lowest BCUT2D eigenvalue weighted by atomic mass is 9.47. The van der Waals surface area contributed by atoms with Crippen LogP contribution in [0.15, 0.2) is 29.8 Å². The van der Waals surface area contributed by atoms with Crippen LogP contribution in [0.2, 0.25) is 0 Å². The molecule has 4 aliphatic carbocycles. The standard InChI is InChI=1S/C42H65FO3/c1-7-8-9-10-11-12-26-45-39-21-16-31(27-38(39)43)40(44)46-33-22-24-41(5)32(28-33)17-18-34-36-20-19-35(30(4)15-13-14-29(2)3)42(36,6)25-23-37(34)41/h16-17,21,27,29-30,33-37H,7-15,18-20,22-26,28H2,1-6H3/t30-,33?,34+,35-,36+,37+,41+,42-/m1/s1. The summed E-state index contributed by atoms with van der Waals surface area (Å²) in [6.07, 6.45) is 23.1. The first-order valence-corrected chi connectivity index (χ1v) is 19.4. The van der Waals surface area contributed by atoms with Crippen LogP contribution < -0.4 is 4.74 Å². The molecule has 3 nitrogen and oxygen atoms in total. The summed E-state index contributed by atoms with van der Waals surface area (Å²) in [5.74, 6) is 4.23. The number of halogens is 1. The number of benzene rings is 1. The smallest absolute Gasteiger partial charge is 0.338 e. The van der Waals surface area contributed by atoms with E-state index in [-0.39, 0.29) is 22.8 Å². The van der Waals surface area contributed by atoms with Crippen LogP contribution in [0, 0.1) is 52.2 Å². The van der Waals surface area contributed by atoms with E-state index in [1.807, 2.05) is 0 Å². The Morgan fingerprint density at radius 3 is 2.48 bits per heavy atom. The lowest BCUT2D eigenvalue weighted by Gasteiger charge is -2.58. The maximum absolute atomic E-state index is 14.8. The molecule has 0 aliphatic heterocycles. The summed E-state index contributed by atoms with van der Waals surface area (Å²) in [5, 5.41) is 0. The maximum atomic E-state index is 14.8. The first kappa shape index (κ1) is 35.5. The predicted octanol–water partition coefficient (Wildman–Crippen LogP) is 12.1. The summed E-state index contributed by atoms with van der Waals surface area (Å²) in [6.45, 7) is 15.2. The molecule has 4 heteroatoms. The van der Waals surface area contributed by atoms with Crippen LogP contribution in [0.4, 0.5) is 4.39 Å². The Hall–Kier alpha value is -1.84. The van der Waals surface area contributed by atoms with Crippen molar-refractivity contribution in [1.29, 1.82) is 0 Å². The van der Waals surface area contributed by atoms with Crippen LogP contribution in [-0.4, -0.2) is 18.7 Å². The van der Waals surface area contributed by atoms with Crippen LogP contribution in [0.5, 0.6) is 5.75 Å². The van der Waals surface area contributed by atoms with Crippen molar-refractivity contribution in [3.8, 4) is 5.75 Å². The van der Waals surface area contributed by atoms with Gasteiger partial charge in [0.1, 0.15) is 6.10 Å². The molecule has 46 heavy (non-hydrogen) atoms. The minimum atomic E-state index is -0.485. The number of carbonyl (C=O) groups excluding carboxylic acids is 1. The molecule has 8 atom stereocenters. The van der Waals surface area contributed by atoms with E-state index in [1.54, 1.807) is 12.1 Å². The van der Waals surface area contributed by atoms with Crippen molar-refractivity contribution in [2.45, 2.75) is 157 Å². The van der Waals surface area contributed by atoms with Gasteiger partial charge in [-0.1, -0.05) is 105 Å². The molecule has 0 radical (unpaired) electrons. The van der Waals surface area contributed by atoms with Gasteiger partial charge in [-0.15, -0.1) is 0 Å². The number of rotatable bonds is 15. The lowest BCUT2D eigenvalue weighted by molar-refractivity contribution is -0.0594. The molecule has 0 heterocycles. The van der Waals surface area contributed by atoms with Crippen LogP contribution >= 0.6 is 0 Å². The number of fused-ring (bicyclic) bond motifs is 5. The first-order valence-electron chi connectivity index (χ1n) is 19.4. The topological polar surface area (TPSA) is 35.5 Å². The molecule has 0 bridgehead atoms. The molecule has 0 N–H and O–H groups in total. The third-order valence-corrected chi connectivity index (χ3v) is 13.5. The van der Waals surface area contributed by atoms with E-state index < -0.39 is 11.8 Å². The van der Waals surface area contributed by atoms with Gasteiger partial charge in [0, 0.05) is 6.42 Å². The van der Waals surface area contributed by atoms with Crippen LogP contribution in [0.1, 0.15) is 161 Å². The molecule has 1 unspecified atom stereocenters. The highest BCUT2D eigenvalue weighted by atomic mass is 19.1. The fourth-order valence-electron chi connectivity index (χ4n) is 10.8. The van der Waals surface area contributed by atoms with Gasteiger partial charge in [-0.05, 0) is 116 Å².